The monoisotopic (exact) mass is 282 g/mol. The van der Waals surface area contributed by atoms with Gasteiger partial charge in [0.05, 0.1) is 17.5 Å². The summed E-state index contributed by atoms with van der Waals surface area (Å²) < 4.78 is 5.12. The second-order valence-corrected chi connectivity index (χ2v) is 6.36. The zero-order chi connectivity index (χ0) is 13.7. The van der Waals surface area contributed by atoms with Gasteiger partial charge in [-0.2, -0.15) is 0 Å². The van der Waals surface area contributed by atoms with Crippen molar-refractivity contribution in [2.75, 3.05) is 6.61 Å². The number of esters is 1. The molecule has 2 rings (SSSR count). The molecule has 0 aromatic carbocycles. The van der Waals surface area contributed by atoms with Crippen LogP contribution in [0.15, 0.2) is 6.20 Å². The van der Waals surface area contributed by atoms with E-state index in [-0.39, 0.29) is 11.9 Å². The van der Waals surface area contributed by atoms with Crippen LogP contribution in [0, 0.1) is 12.8 Å². The Hall–Kier alpha value is -0.940. The Morgan fingerprint density at radius 3 is 3.11 bits per heavy atom. The number of carbonyl (C=O) groups excluding carboxylic acids is 1. The van der Waals surface area contributed by atoms with Gasteiger partial charge in [0.15, 0.2) is 0 Å². The molecular formula is C14H22N2O2S. The molecule has 106 valence electrons. The highest BCUT2D eigenvalue weighted by Crippen LogP contribution is 2.26. The first-order chi connectivity index (χ1) is 9.19. The largest absolute Gasteiger partial charge is 0.466 e. The number of aryl methyl sites for hydroxylation is 1. The number of hydrogen-bond acceptors (Lipinski definition) is 5. The van der Waals surface area contributed by atoms with Gasteiger partial charge in [-0.1, -0.05) is 6.42 Å². The Bertz CT molecular complexity index is 419. The second kappa shape index (κ2) is 7.01. The normalized spacial score (nSPS) is 23.3. The fourth-order valence-corrected chi connectivity index (χ4v) is 3.33. The van der Waals surface area contributed by atoms with Crippen LogP contribution >= 0.6 is 11.3 Å². The molecular weight excluding hydrogens is 260 g/mol. The third kappa shape index (κ3) is 4.28. The smallest absolute Gasteiger partial charge is 0.308 e. The molecule has 1 aliphatic rings. The maximum absolute atomic E-state index is 11.8. The highest BCUT2D eigenvalue weighted by molar-refractivity contribution is 7.11. The maximum Gasteiger partial charge on any atom is 0.308 e. The van der Waals surface area contributed by atoms with Crippen LogP contribution in [0.3, 0.4) is 0 Å². The summed E-state index contributed by atoms with van der Waals surface area (Å²) >= 11 is 1.73. The molecule has 1 aromatic heterocycles. The van der Waals surface area contributed by atoms with Gasteiger partial charge in [-0.25, -0.2) is 4.98 Å². The number of nitrogens with one attached hydrogen (secondary N) is 1. The summed E-state index contributed by atoms with van der Waals surface area (Å²) in [7, 11) is 0. The van der Waals surface area contributed by atoms with E-state index in [0.717, 1.165) is 37.2 Å². The van der Waals surface area contributed by atoms with E-state index >= 15 is 0 Å². The Labute approximate surface area is 118 Å². The van der Waals surface area contributed by atoms with Gasteiger partial charge in [0.2, 0.25) is 0 Å². The number of rotatable bonds is 5. The first kappa shape index (κ1) is 14.5. The zero-order valence-corrected chi connectivity index (χ0v) is 12.5. The van der Waals surface area contributed by atoms with Crippen molar-refractivity contribution in [1.82, 2.24) is 10.3 Å². The number of carbonyl (C=O) groups is 1. The summed E-state index contributed by atoms with van der Waals surface area (Å²) in [4.78, 5) is 17.3. The lowest BCUT2D eigenvalue weighted by Gasteiger charge is -2.28. The molecule has 1 aliphatic carbocycles. The minimum Gasteiger partial charge on any atom is -0.466 e. The van der Waals surface area contributed by atoms with Crippen molar-refractivity contribution in [3.05, 3.63) is 16.1 Å². The molecule has 1 saturated carbocycles. The molecule has 0 aliphatic heterocycles. The number of nitrogens with zero attached hydrogens (tertiary/aromatic N) is 1. The standard InChI is InChI=1S/C14H22N2O2S/c1-3-18-14(17)11-5-4-6-12(7-11)16-9-13-8-15-10(2)19-13/h8,11-12,16H,3-7,9H2,1-2H3. The Kier molecular flexibility index (Phi) is 5.34. The van der Waals surface area contributed by atoms with E-state index in [1.807, 2.05) is 20.0 Å². The van der Waals surface area contributed by atoms with E-state index in [9.17, 15) is 4.79 Å². The number of hydrogen-bond donors (Lipinski definition) is 1. The summed E-state index contributed by atoms with van der Waals surface area (Å²) in [6.07, 6.45) is 6.04. The van der Waals surface area contributed by atoms with Gasteiger partial charge in [-0.3, -0.25) is 4.79 Å². The van der Waals surface area contributed by atoms with Crippen LogP contribution in [0.5, 0.6) is 0 Å². The lowest BCUT2D eigenvalue weighted by molar-refractivity contribution is -0.149. The molecule has 1 fully saturated rings. The van der Waals surface area contributed by atoms with Crippen LogP contribution in [-0.4, -0.2) is 23.6 Å². The second-order valence-electron chi connectivity index (χ2n) is 5.04. The molecule has 0 bridgehead atoms. The molecule has 1 heterocycles. The van der Waals surface area contributed by atoms with Gasteiger partial charge < -0.3 is 10.1 Å². The maximum atomic E-state index is 11.8. The predicted octanol–water partition coefficient (Wildman–Crippen LogP) is 2.66. The van der Waals surface area contributed by atoms with Gasteiger partial charge in [0, 0.05) is 23.7 Å². The minimum absolute atomic E-state index is 0.0253. The molecule has 0 radical (unpaired) electrons. The van der Waals surface area contributed by atoms with E-state index in [4.69, 9.17) is 4.74 Å². The number of ether oxygens (including phenoxy) is 1. The third-order valence-electron chi connectivity index (χ3n) is 3.53. The molecule has 19 heavy (non-hydrogen) atoms. The quantitative estimate of drug-likeness (QED) is 0.844. The SMILES string of the molecule is CCOC(=O)C1CCCC(NCc2cnc(C)s2)C1. The van der Waals surface area contributed by atoms with Gasteiger partial charge >= 0.3 is 5.97 Å². The topological polar surface area (TPSA) is 51.2 Å². The molecule has 0 amide bonds. The summed E-state index contributed by atoms with van der Waals surface area (Å²) in [5, 5.41) is 4.64. The zero-order valence-electron chi connectivity index (χ0n) is 11.6. The first-order valence-electron chi connectivity index (χ1n) is 7.00. The van der Waals surface area contributed by atoms with Crippen molar-refractivity contribution in [3.63, 3.8) is 0 Å². The molecule has 1 aromatic rings. The number of aromatic nitrogens is 1. The fraction of sp³-hybridized carbons (Fsp3) is 0.714. The average molecular weight is 282 g/mol. The van der Waals surface area contributed by atoms with E-state index in [0.29, 0.717) is 12.6 Å². The number of thiazole rings is 1. The van der Waals surface area contributed by atoms with E-state index in [1.165, 1.54) is 4.88 Å². The molecule has 0 spiro atoms. The summed E-state index contributed by atoms with van der Waals surface area (Å²) in [6.45, 7) is 5.22. The fourth-order valence-electron chi connectivity index (χ4n) is 2.58. The molecule has 2 atom stereocenters. The van der Waals surface area contributed by atoms with Gasteiger partial charge in [0.25, 0.3) is 0 Å². The van der Waals surface area contributed by atoms with Crippen LogP contribution < -0.4 is 5.32 Å². The van der Waals surface area contributed by atoms with Crippen LogP contribution in [0.25, 0.3) is 0 Å². The van der Waals surface area contributed by atoms with Crippen molar-refractivity contribution in [2.24, 2.45) is 5.92 Å². The van der Waals surface area contributed by atoms with Crippen molar-refractivity contribution in [2.45, 2.75) is 52.1 Å². The molecule has 0 saturated heterocycles. The van der Waals surface area contributed by atoms with Gasteiger partial charge in [0.1, 0.15) is 0 Å². The van der Waals surface area contributed by atoms with E-state index in [2.05, 4.69) is 10.3 Å². The van der Waals surface area contributed by atoms with Gasteiger partial charge in [-0.05, 0) is 33.1 Å². The molecule has 4 nitrogen and oxygen atoms in total. The third-order valence-corrected chi connectivity index (χ3v) is 4.44. The lowest BCUT2D eigenvalue weighted by Crippen LogP contribution is -2.36. The summed E-state index contributed by atoms with van der Waals surface area (Å²) in [6, 6.07) is 0.422. The van der Waals surface area contributed by atoms with E-state index < -0.39 is 0 Å². The van der Waals surface area contributed by atoms with Crippen LogP contribution in [0.1, 0.15) is 42.5 Å². The highest BCUT2D eigenvalue weighted by Gasteiger charge is 2.27. The highest BCUT2D eigenvalue weighted by atomic mass is 32.1. The summed E-state index contributed by atoms with van der Waals surface area (Å²) in [5.74, 6) is 0.0528. The predicted molar refractivity (Wildman–Crippen MR) is 76.1 cm³/mol. The van der Waals surface area contributed by atoms with Crippen molar-refractivity contribution >= 4 is 17.3 Å². The van der Waals surface area contributed by atoms with Crippen LogP contribution in [0.4, 0.5) is 0 Å². The van der Waals surface area contributed by atoms with Gasteiger partial charge in [-0.15, -0.1) is 11.3 Å². The van der Waals surface area contributed by atoms with Crippen molar-refractivity contribution < 1.29 is 9.53 Å². The van der Waals surface area contributed by atoms with Crippen molar-refractivity contribution in [1.29, 1.82) is 0 Å². The molecule has 5 heteroatoms. The Balaban J connectivity index is 1.79. The van der Waals surface area contributed by atoms with Crippen molar-refractivity contribution in [3.8, 4) is 0 Å². The average Bonchev–Trinajstić information content (AvgIpc) is 2.83. The van der Waals surface area contributed by atoms with Crippen LogP contribution in [-0.2, 0) is 16.1 Å². The minimum atomic E-state index is -0.0253. The Morgan fingerprint density at radius 2 is 2.42 bits per heavy atom. The van der Waals surface area contributed by atoms with E-state index in [1.54, 1.807) is 11.3 Å². The summed E-state index contributed by atoms with van der Waals surface area (Å²) in [5.41, 5.74) is 0. The Morgan fingerprint density at radius 1 is 1.58 bits per heavy atom. The van der Waals surface area contributed by atoms with Crippen LogP contribution in [0.2, 0.25) is 0 Å². The molecule has 2 unspecified atom stereocenters. The lowest BCUT2D eigenvalue weighted by atomic mass is 9.86. The first-order valence-corrected chi connectivity index (χ1v) is 7.82. The molecule has 1 N–H and O–H groups in total.